The highest BCUT2D eigenvalue weighted by Crippen LogP contribution is 2.42. The maximum atomic E-state index is 4.94. The zero-order valence-electron chi connectivity index (χ0n) is 16.0. The lowest BCUT2D eigenvalue weighted by Crippen LogP contribution is -2.44. The molecule has 2 fully saturated rings. The lowest BCUT2D eigenvalue weighted by atomic mass is 10.1. The van der Waals surface area contributed by atoms with Crippen LogP contribution in [0, 0.1) is 0 Å². The number of benzene rings is 1. The van der Waals surface area contributed by atoms with Gasteiger partial charge in [0, 0.05) is 43.0 Å². The van der Waals surface area contributed by atoms with Gasteiger partial charge in [-0.2, -0.15) is 5.10 Å². The van der Waals surface area contributed by atoms with Gasteiger partial charge in [-0.3, -0.25) is 5.10 Å². The molecule has 7 nitrogen and oxygen atoms in total. The number of hydrogen-bond donors (Lipinski definition) is 1. The lowest BCUT2D eigenvalue weighted by Gasteiger charge is -2.33. The first-order valence-electron chi connectivity index (χ1n) is 10.0. The van der Waals surface area contributed by atoms with Crippen molar-refractivity contribution in [2.45, 2.75) is 18.8 Å². The van der Waals surface area contributed by atoms with Crippen LogP contribution in [0.15, 0.2) is 36.5 Å². The molecule has 0 bridgehead atoms. The van der Waals surface area contributed by atoms with E-state index in [0.717, 1.165) is 54.4 Å². The zero-order chi connectivity index (χ0) is 18.7. The van der Waals surface area contributed by atoms with Gasteiger partial charge in [0.1, 0.15) is 5.82 Å². The molecule has 1 saturated carbocycles. The molecular weight excluding hydrogens is 350 g/mol. The van der Waals surface area contributed by atoms with Gasteiger partial charge in [-0.15, -0.1) is 5.10 Å². The van der Waals surface area contributed by atoms with Crippen LogP contribution in [0.25, 0.3) is 27.8 Å². The van der Waals surface area contributed by atoms with E-state index < -0.39 is 0 Å². The molecule has 4 heterocycles. The fraction of sp³-hybridized carbons (Fsp3) is 0.381. The van der Waals surface area contributed by atoms with Gasteiger partial charge in [-0.05, 0) is 44.2 Å². The molecule has 28 heavy (non-hydrogen) atoms. The third kappa shape index (κ3) is 2.57. The lowest BCUT2D eigenvalue weighted by molar-refractivity contribution is 0.311. The number of imidazole rings is 1. The van der Waals surface area contributed by atoms with Crippen LogP contribution in [0.3, 0.4) is 0 Å². The molecule has 0 spiro atoms. The normalized spacial score (nSPS) is 18.4. The molecule has 1 aliphatic carbocycles. The summed E-state index contributed by atoms with van der Waals surface area (Å²) in [5.74, 6) is 1.64. The van der Waals surface area contributed by atoms with Crippen molar-refractivity contribution in [1.82, 2.24) is 29.7 Å². The monoisotopic (exact) mass is 373 g/mol. The van der Waals surface area contributed by atoms with E-state index >= 15 is 0 Å². The first kappa shape index (κ1) is 16.1. The molecule has 142 valence electrons. The van der Waals surface area contributed by atoms with Gasteiger partial charge in [0.25, 0.3) is 0 Å². The molecule has 0 unspecified atom stereocenters. The largest absolute Gasteiger partial charge is 0.353 e. The number of fused-ring (bicyclic) bond motifs is 2. The smallest absolute Gasteiger partial charge is 0.154 e. The van der Waals surface area contributed by atoms with Crippen LogP contribution in [0.2, 0.25) is 0 Å². The summed E-state index contributed by atoms with van der Waals surface area (Å²) in [5.41, 5.74) is 5.34. The fourth-order valence-electron chi connectivity index (χ4n) is 4.13. The summed E-state index contributed by atoms with van der Waals surface area (Å²) in [4.78, 5) is 9.29. The predicted octanol–water partition coefficient (Wildman–Crippen LogP) is 2.90. The Hall–Kier alpha value is -2.93. The van der Waals surface area contributed by atoms with Crippen molar-refractivity contribution in [3.05, 3.63) is 42.2 Å². The number of H-pyrrole nitrogens is 1. The van der Waals surface area contributed by atoms with Crippen LogP contribution in [0.4, 0.5) is 5.82 Å². The van der Waals surface area contributed by atoms with Gasteiger partial charge in [0.05, 0.1) is 23.1 Å². The Labute approximate surface area is 163 Å². The number of rotatable bonds is 3. The Balaban J connectivity index is 1.43. The summed E-state index contributed by atoms with van der Waals surface area (Å²) < 4.78 is 1.98. The van der Waals surface area contributed by atoms with Crippen LogP contribution < -0.4 is 4.90 Å². The van der Waals surface area contributed by atoms with Gasteiger partial charge >= 0.3 is 0 Å². The number of piperazine rings is 1. The van der Waals surface area contributed by atoms with E-state index in [4.69, 9.17) is 5.10 Å². The standard InChI is InChI=1S/C21H23N7/c1-26-8-10-27(11-9-26)20-7-6-19-22-13-18(28(19)25-20)15-4-5-17-16(12-15)21(24-23-17)14-2-3-14/h4-7,12-14H,2-3,8-11H2,1H3,(H,23,24). The molecule has 6 rings (SSSR count). The van der Waals surface area contributed by atoms with Crippen molar-refractivity contribution in [1.29, 1.82) is 0 Å². The van der Waals surface area contributed by atoms with Gasteiger partial charge < -0.3 is 9.80 Å². The first-order chi connectivity index (χ1) is 13.8. The van der Waals surface area contributed by atoms with E-state index in [1.54, 1.807) is 0 Å². The SMILES string of the molecule is CN1CCN(c2ccc3ncc(-c4ccc5[nH]nc(C6CC6)c5c4)n3n2)CC1. The molecule has 1 saturated heterocycles. The second-order valence-corrected chi connectivity index (χ2v) is 8.04. The van der Waals surface area contributed by atoms with Gasteiger partial charge in [0.15, 0.2) is 5.65 Å². The molecule has 2 aliphatic rings. The summed E-state index contributed by atoms with van der Waals surface area (Å²) in [7, 11) is 2.17. The molecule has 0 amide bonds. The first-order valence-corrected chi connectivity index (χ1v) is 10.0. The number of likely N-dealkylation sites (N-methyl/N-ethyl adjacent to an activating group) is 1. The van der Waals surface area contributed by atoms with E-state index in [0.29, 0.717) is 5.92 Å². The summed E-state index contributed by atoms with van der Waals surface area (Å²) in [6.45, 7) is 4.14. The van der Waals surface area contributed by atoms with E-state index in [2.05, 4.69) is 62.4 Å². The molecule has 1 aromatic carbocycles. The minimum atomic E-state index is 0.619. The number of anilines is 1. The third-order valence-electron chi connectivity index (χ3n) is 6.03. The van der Waals surface area contributed by atoms with E-state index in [9.17, 15) is 0 Å². The second kappa shape index (κ2) is 6.04. The van der Waals surface area contributed by atoms with Crippen molar-refractivity contribution in [2.24, 2.45) is 0 Å². The van der Waals surface area contributed by atoms with E-state index in [1.165, 1.54) is 23.9 Å². The Bertz CT molecular complexity index is 1160. The quantitative estimate of drug-likeness (QED) is 0.598. The number of nitrogens with one attached hydrogen (secondary N) is 1. The highest BCUT2D eigenvalue weighted by molar-refractivity contribution is 5.87. The number of aromatic amines is 1. The third-order valence-corrected chi connectivity index (χ3v) is 6.03. The second-order valence-electron chi connectivity index (χ2n) is 8.04. The average molecular weight is 373 g/mol. The maximum absolute atomic E-state index is 4.94. The van der Waals surface area contributed by atoms with Gasteiger partial charge in [-0.1, -0.05) is 6.07 Å². The van der Waals surface area contributed by atoms with Crippen LogP contribution in [-0.4, -0.2) is 62.9 Å². The number of nitrogens with zero attached hydrogens (tertiary/aromatic N) is 6. The highest BCUT2D eigenvalue weighted by Gasteiger charge is 2.28. The Morgan fingerprint density at radius 3 is 2.71 bits per heavy atom. The van der Waals surface area contributed by atoms with Crippen LogP contribution in [-0.2, 0) is 0 Å². The minimum Gasteiger partial charge on any atom is -0.353 e. The highest BCUT2D eigenvalue weighted by atomic mass is 15.4. The van der Waals surface area contributed by atoms with Gasteiger partial charge in [0.2, 0.25) is 0 Å². The molecule has 3 aromatic heterocycles. The van der Waals surface area contributed by atoms with Crippen molar-refractivity contribution in [3.63, 3.8) is 0 Å². The minimum absolute atomic E-state index is 0.619. The van der Waals surface area contributed by atoms with Crippen molar-refractivity contribution < 1.29 is 0 Å². The molecular formula is C21H23N7. The maximum Gasteiger partial charge on any atom is 0.154 e. The van der Waals surface area contributed by atoms with Crippen molar-refractivity contribution >= 4 is 22.4 Å². The number of aromatic nitrogens is 5. The summed E-state index contributed by atoms with van der Waals surface area (Å²) >= 11 is 0. The van der Waals surface area contributed by atoms with E-state index in [-0.39, 0.29) is 0 Å². The molecule has 1 aliphatic heterocycles. The van der Waals surface area contributed by atoms with Gasteiger partial charge in [-0.25, -0.2) is 9.50 Å². The molecule has 4 aromatic rings. The van der Waals surface area contributed by atoms with Crippen LogP contribution in [0.1, 0.15) is 24.5 Å². The molecule has 1 N–H and O–H groups in total. The molecule has 0 radical (unpaired) electrons. The van der Waals surface area contributed by atoms with Crippen LogP contribution >= 0.6 is 0 Å². The fourth-order valence-corrected chi connectivity index (χ4v) is 4.13. The van der Waals surface area contributed by atoms with E-state index in [1.807, 2.05) is 10.7 Å². The number of hydrogen-bond acceptors (Lipinski definition) is 5. The van der Waals surface area contributed by atoms with Crippen molar-refractivity contribution in [2.75, 3.05) is 38.1 Å². The Morgan fingerprint density at radius 1 is 1.04 bits per heavy atom. The summed E-state index contributed by atoms with van der Waals surface area (Å²) in [5, 5.41) is 13.9. The van der Waals surface area contributed by atoms with Crippen LogP contribution in [0.5, 0.6) is 0 Å². The average Bonchev–Trinajstić information content (AvgIpc) is 3.34. The molecule has 0 atom stereocenters. The topological polar surface area (TPSA) is 65.3 Å². The molecule has 7 heteroatoms. The Kier molecular flexibility index (Phi) is 3.46. The Morgan fingerprint density at radius 2 is 1.89 bits per heavy atom. The predicted molar refractivity (Wildman–Crippen MR) is 110 cm³/mol. The summed E-state index contributed by atoms with van der Waals surface area (Å²) in [6.07, 6.45) is 4.42. The van der Waals surface area contributed by atoms with Crippen molar-refractivity contribution in [3.8, 4) is 11.3 Å². The summed E-state index contributed by atoms with van der Waals surface area (Å²) in [6, 6.07) is 10.6. The zero-order valence-corrected chi connectivity index (χ0v) is 16.0.